The van der Waals surface area contributed by atoms with Gasteiger partial charge in [0.05, 0.1) is 11.6 Å². The van der Waals surface area contributed by atoms with E-state index >= 15 is 0 Å². The number of carbonyl (C=O) groups excluding carboxylic acids is 1. The van der Waals surface area contributed by atoms with Gasteiger partial charge in [-0.05, 0) is 54.3 Å². The van der Waals surface area contributed by atoms with Crippen molar-refractivity contribution in [1.29, 1.82) is 5.26 Å². The van der Waals surface area contributed by atoms with Crippen LogP contribution in [0.25, 0.3) is 6.08 Å². The molecule has 0 saturated heterocycles. The van der Waals surface area contributed by atoms with Crippen molar-refractivity contribution >= 4 is 12.0 Å². The predicted molar refractivity (Wildman–Crippen MR) is 95.5 cm³/mol. The molecule has 0 radical (unpaired) electrons. The van der Waals surface area contributed by atoms with Gasteiger partial charge in [0.25, 0.3) is 0 Å². The zero-order chi connectivity index (χ0) is 17.2. The number of nitriles is 1. The van der Waals surface area contributed by atoms with Crippen molar-refractivity contribution in [2.24, 2.45) is 0 Å². The average Bonchev–Trinajstić information content (AvgIpc) is 2.62. The van der Waals surface area contributed by atoms with Crippen molar-refractivity contribution in [3.63, 3.8) is 0 Å². The van der Waals surface area contributed by atoms with Crippen LogP contribution in [0.3, 0.4) is 0 Å². The molecular formula is C21H21NO2. The molecule has 0 N–H and O–H groups in total. The van der Waals surface area contributed by atoms with E-state index in [4.69, 9.17) is 10.00 Å². The second-order valence-corrected chi connectivity index (χ2v) is 5.59. The number of nitrogens with zero attached hydrogens (tertiary/aromatic N) is 1. The maximum Gasteiger partial charge on any atom is 0.336 e. The van der Waals surface area contributed by atoms with E-state index in [0.29, 0.717) is 11.3 Å². The van der Waals surface area contributed by atoms with E-state index in [1.54, 1.807) is 30.3 Å². The molecule has 3 heteroatoms. The van der Waals surface area contributed by atoms with Crippen LogP contribution < -0.4 is 4.74 Å². The predicted octanol–water partition coefficient (Wildman–Crippen LogP) is 4.91. The van der Waals surface area contributed by atoms with Gasteiger partial charge in [-0.15, -0.1) is 0 Å². The summed E-state index contributed by atoms with van der Waals surface area (Å²) >= 11 is 0. The molecule has 0 aliphatic rings. The molecule has 0 bridgehead atoms. The van der Waals surface area contributed by atoms with Gasteiger partial charge in [-0.2, -0.15) is 5.26 Å². The van der Waals surface area contributed by atoms with Crippen molar-refractivity contribution in [2.45, 2.75) is 32.6 Å². The molecule has 0 unspecified atom stereocenters. The van der Waals surface area contributed by atoms with Crippen LogP contribution in [0.1, 0.15) is 42.9 Å². The van der Waals surface area contributed by atoms with Gasteiger partial charge in [0.15, 0.2) is 0 Å². The highest BCUT2D eigenvalue weighted by Gasteiger charge is 2.01. The lowest BCUT2D eigenvalue weighted by Crippen LogP contribution is -2.03. The van der Waals surface area contributed by atoms with Gasteiger partial charge in [-0.3, -0.25) is 0 Å². The van der Waals surface area contributed by atoms with E-state index in [0.717, 1.165) is 12.0 Å². The highest BCUT2D eigenvalue weighted by atomic mass is 16.5. The van der Waals surface area contributed by atoms with Crippen LogP contribution in [-0.4, -0.2) is 5.97 Å². The van der Waals surface area contributed by atoms with Gasteiger partial charge in [0.2, 0.25) is 0 Å². The Morgan fingerprint density at radius 1 is 1.08 bits per heavy atom. The third-order valence-corrected chi connectivity index (χ3v) is 3.66. The van der Waals surface area contributed by atoms with Gasteiger partial charge >= 0.3 is 5.97 Å². The molecule has 24 heavy (non-hydrogen) atoms. The van der Waals surface area contributed by atoms with Gasteiger partial charge in [0.1, 0.15) is 5.75 Å². The summed E-state index contributed by atoms with van der Waals surface area (Å²) in [6.07, 6.45) is 7.74. The largest absolute Gasteiger partial charge is 0.423 e. The number of hydrogen-bond donors (Lipinski definition) is 0. The molecule has 0 spiro atoms. The summed E-state index contributed by atoms with van der Waals surface area (Å²) in [4.78, 5) is 11.8. The quantitative estimate of drug-likeness (QED) is 0.315. The highest BCUT2D eigenvalue weighted by Crippen LogP contribution is 2.15. The molecule has 2 rings (SSSR count). The number of unbranched alkanes of at least 4 members (excludes halogenated alkanes) is 2. The van der Waals surface area contributed by atoms with Crippen LogP contribution in [-0.2, 0) is 11.2 Å². The zero-order valence-electron chi connectivity index (χ0n) is 13.9. The fourth-order valence-corrected chi connectivity index (χ4v) is 2.29. The molecule has 0 fully saturated rings. The number of carbonyl (C=O) groups is 1. The Hall–Kier alpha value is -2.86. The normalized spacial score (nSPS) is 10.5. The zero-order valence-corrected chi connectivity index (χ0v) is 13.9. The first kappa shape index (κ1) is 17.5. The van der Waals surface area contributed by atoms with Gasteiger partial charge in [0, 0.05) is 6.08 Å². The van der Waals surface area contributed by atoms with Crippen molar-refractivity contribution in [2.75, 3.05) is 0 Å². The number of aryl methyl sites for hydroxylation is 1. The molecule has 3 nitrogen and oxygen atoms in total. The van der Waals surface area contributed by atoms with Crippen LogP contribution in [0, 0.1) is 11.3 Å². The van der Waals surface area contributed by atoms with Gasteiger partial charge in [-0.25, -0.2) is 4.79 Å². The van der Waals surface area contributed by atoms with E-state index in [-0.39, 0.29) is 0 Å². The SMILES string of the molecule is CCCCCc1ccc(OC(=O)/C=C/c2ccc(C#N)cc2)cc1. The lowest BCUT2D eigenvalue weighted by molar-refractivity contribution is -0.128. The van der Waals surface area contributed by atoms with E-state index < -0.39 is 5.97 Å². The first-order chi connectivity index (χ1) is 11.7. The lowest BCUT2D eigenvalue weighted by atomic mass is 10.1. The summed E-state index contributed by atoms with van der Waals surface area (Å²) in [6.45, 7) is 2.19. The van der Waals surface area contributed by atoms with Gasteiger partial charge < -0.3 is 4.74 Å². The van der Waals surface area contributed by atoms with Crippen molar-refractivity contribution in [3.05, 3.63) is 71.3 Å². The van der Waals surface area contributed by atoms with Crippen LogP contribution in [0.5, 0.6) is 5.75 Å². The summed E-state index contributed by atoms with van der Waals surface area (Å²) in [5.41, 5.74) is 2.70. The van der Waals surface area contributed by atoms with Crippen LogP contribution >= 0.6 is 0 Å². The molecule has 0 aliphatic heterocycles. The molecular weight excluding hydrogens is 298 g/mol. The topological polar surface area (TPSA) is 50.1 Å². The molecule has 0 heterocycles. The lowest BCUT2D eigenvalue weighted by Gasteiger charge is -2.04. The Bertz CT molecular complexity index is 722. The molecule has 0 aliphatic carbocycles. The molecule has 0 amide bonds. The summed E-state index contributed by atoms with van der Waals surface area (Å²) in [5, 5.41) is 8.75. The Balaban J connectivity index is 1.87. The standard InChI is InChI=1S/C21H21NO2/c1-2-3-4-5-17-10-13-20(14-11-17)24-21(23)15-12-18-6-8-19(16-22)9-7-18/h6-15H,2-5H2,1H3/b15-12+. The minimum atomic E-state index is -0.418. The first-order valence-corrected chi connectivity index (χ1v) is 8.20. The first-order valence-electron chi connectivity index (χ1n) is 8.20. The number of esters is 1. The Morgan fingerprint density at radius 2 is 1.79 bits per heavy atom. The Labute approximate surface area is 143 Å². The van der Waals surface area contributed by atoms with E-state index in [9.17, 15) is 4.79 Å². The van der Waals surface area contributed by atoms with Gasteiger partial charge in [-0.1, -0.05) is 44.0 Å². The summed E-state index contributed by atoms with van der Waals surface area (Å²) < 4.78 is 5.28. The minimum Gasteiger partial charge on any atom is -0.423 e. The van der Waals surface area contributed by atoms with Crippen molar-refractivity contribution in [1.82, 2.24) is 0 Å². The number of benzene rings is 2. The third-order valence-electron chi connectivity index (χ3n) is 3.66. The fourth-order valence-electron chi connectivity index (χ4n) is 2.29. The van der Waals surface area contributed by atoms with E-state index in [2.05, 4.69) is 13.0 Å². The smallest absolute Gasteiger partial charge is 0.336 e. The second kappa shape index (κ2) is 9.32. The van der Waals surface area contributed by atoms with Crippen LogP contribution in [0.15, 0.2) is 54.6 Å². The minimum absolute atomic E-state index is 0.418. The monoisotopic (exact) mass is 319 g/mol. The third kappa shape index (κ3) is 5.73. The molecule has 0 atom stereocenters. The maximum atomic E-state index is 11.8. The Morgan fingerprint density at radius 3 is 2.42 bits per heavy atom. The average molecular weight is 319 g/mol. The molecule has 2 aromatic rings. The fraction of sp³-hybridized carbons (Fsp3) is 0.238. The number of rotatable bonds is 7. The van der Waals surface area contributed by atoms with Crippen LogP contribution in [0.2, 0.25) is 0 Å². The van der Waals surface area contributed by atoms with E-state index in [1.807, 2.05) is 24.3 Å². The molecule has 0 saturated carbocycles. The number of hydrogen-bond acceptors (Lipinski definition) is 3. The molecule has 0 aromatic heterocycles. The number of ether oxygens (including phenoxy) is 1. The van der Waals surface area contributed by atoms with Crippen LogP contribution in [0.4, 0.5) is 0 Å². The summed E-state index contributed by atoms with van der Waals surface area (Å²) in [5.74, 6) is 0.127. The van der Waals surface area contributed by atoms with Crippen molar-refractivity contribution < 1.29 is 9.53 Å². The summed E-state index contributed by atoms with van der Waals surface area (Å²) in [6, 6.07) is 16.7. The van der Waals surface area contributed by atoms with E-state index in [1.165, 1.54) is 30.9 Å². The molecule has 2 aromatic carbocycles. The molecule has 122 valence electrons. The highest BCUT2D eigenvalue weighted by molar-refractivity contribution is 5.88. The second-order valence-electron chi connectivity index (χ2n) is 5.59. The summed E-state index contributed by atoms with van der Waals surface area (Å²) in [7, 11) is 0. The Kier molecular flexibility index (Phi) is 6.79. The maximum absolute atomic E-state index is 11.8. The van der Waals surface area contributed by atoms with Crippen molar-refractivity contribution in [3.8, 4) is 11.8 Å².